The smallest absolute Gasteiger partial charge is 0.209 e. The van der Waals surface area contributed by atoms with Gasteiger partial charge in [0.25, 0.3) is 0 Å². The number of nitrogens with zero attached hydrogens (tertiary/aromatic N) is 4. The molecule has 2 atom stereocenters. The SMILES string of the molecule is CC(C)(C)NCCn1nnnc1SC1CCCCC1O. The van der Waals surface area contributed by atoms with Crippen LogP contribution in [0, 0.1) is 0 Å². The lowest BCUT2D eigenvalue weighted by Crippen LogP contribution is -2.38. The number of rotatable bonds is 5. The van der Waals surface area contributed by atoms with Gasteiger partial charge < -0.3 is 10.4 Å². The van der Waals surface area contributed by atoms with Gasteiger partial charge in [-0.05, 0) is 44.0 Å². The van der Waals surface area contributed by atoms with E-state index in [2.05, 4.69) is 41.6 Å². The molecule has 20 heavy (non-hydrogen) atoms. The van der Waals surface area contributed by atoms with E-state index in [-0.39, 0.29) is 16.9 Å². The molecule has 1 aromatic heterocycles. The summed E-state index contributed by atoms with van der Waals surface area (Å²) < 4.78 is 1.82. The second-order valence-electron chi connectivity index (χ2n) is 6.37. The maximum Gasteiger partial charge on any atom is 0.209 e. The minimum absolute atomic E-state index is 0.0981. The van der Waals surface area contributed by atoms with Gasteiger partial charge >= 0.3 is 0 Å². The molecule has 2 rings (SSSR count). The largest absolute Gasteiger partial charge is 0.392 e. The average molecular weight is 299 g/mol. The van der Waals surface area contributed by atoms with Crippen molar-refractivity contribution in [2.24, 2.45) is 0 Å². The standard InChI is InChI=1S/C13H25N5OS/c1-13(2,3)14-8-9-18-12(15-16-17-18)20-11-7-5-4-6-10(11)19/h10-11,14,19H,4-9H2,1-3H3. The van der Waals surface area contributed by atoms with Crippen molar-refractivity contribution in [3.05, 3.63) is 0 Å². The zero-order valence-corrected chi connectivity index (χ0v) is 13.4. The summed E-state index contributed by atoms with van der Waals surface area (Å²) in [4.78, 5) is 0. The van der Waals surface area contributed by atoms with Gasteiger partial charge in [-0.15, -0.1) is 5.10 Å². The van der Waals surface area contributed by atoms with Crippen molar-refractivity contribution in [3.8, 4) is 0 Å². The highest BCUT2D eigenvalue weighted by atomic mass is 32.2. The summed E-state index contributed by atoms with van der Waals surface area (Å²) in [6, 6.07) is 0. The summed E-state index contributed by atoms with van der Waals surface area (Å²) >= 11 is 1.61. The van der Waals surface area contributed by atoms with Crippen LogP contribution in [0.4, 0.5) is 0 Å². The van der Waals surface area contributed by atoms with E-state index in [1.54, 1.807) is 11.8 Å². The molecule has 1 saturated carbocycles. The molecular weight excluding hydrogens is 274 g/mol. The number of aliphatic hydroxyl groups excluding tert-OH is 1. The lowest BCUT2D eigenvalue weighted by atomic mass is 9.97. The minimum Gasteiger partial charge on any atom is -0.392 e. The quantitative estimate of drug-likeness (QED) is 0.857. The topological polar surface area (TPSA) is 75.9 Å². The van der Waals surface area contributed by atoms with Crippen LogP contribution in [0.2, 0.25) is 0 Å². The molecule has 2 N–H and O–H groups in total. The number of thioether (sulfide) groups is 1. The van der Waals surface area contributed by atoms with Gasteiger partial charge in [0.15, 0.2) is 0 Å². The Morgan fingerprint density at radius 2 is 2.10 bits per heavy atom. The lowest BCUT2D eigenvalue weighted by molar-refractivity contribution is 0.136. The average Bonchev–Trinajstić information content (AvgIpc) is 2.78. The highest BCUT2D eigenvalue weighted by molar-refractivity contribution is 7.99. The third-order valence-corrected chi connectivity index (χ3v) is 4.76. The first-order valence-corrected chi connectivity index (χ1v) is 8.19. The Kier molecular flexibility index (Phi) is 5.40. The highest BCUT2D eigenvalue weighted by Crippen LogP contribution is 2.32. The van der Waals surface area contributed by atoms with Crippen LogP contribution in [-0.4, -0.2) is 48.8 Å². The summed E-state index contributed by atoms with van der Waals surface area (Å²) in [5.41, 5.74) is 0.0981. The highest BCUT2D eigenvalue weighted by Gasteiger charge is 2.26. The van der Waals surface area contributed by atoms with E-state index in [0.717, 1.165) is 37.5 Å². The van der Waals surface area contributed by atoms with Crippen molar-refractivity contribution in [3.63, 3.8) is 0 Å². The van der Waals surface area contributed by atoms with Gasteiger partial charge in [0.1, 0.15) is 0 Å². The van der Waals surface area contributed by atoms with E-state index in [1.165, 1.54) is 6.42 Å². The Balaban J connectivity index is 1.88. The van der Waals surface area contributed by atoms with E-state index in [0.29, 0.717) is 0 Å². The second kappa shape index (κ2) is 6.87. The van der Waals surface area contributed by atoms with Gasteiger partial charge in [-0.2, -0.15) is 0 Å². The maximum absolute atomic E-state index is 10.0. The number of aliphatic hydroxyl groups is 1. The molecule has 114 valence electrons. The van der Waals surface area contributed by atoms with Crippen LogP contribution in [0.3, 0.4) is 0 Å². The Hall–Kier alpha value is -0.660. The van der Waals surface area contributed by atoms with Crippen LogP contribution in [0.25, 0.3) is 0 Å². The van der Waals surface area contributed by atoms with Crippen LogP contribution in [0.5, 0.6) is 0 Å². The van der Waals surface area contributed by atoms with E-state index in [9.17, 15) is 5.11 Å². The van der Waals surface area contributed by atoms with Crippen LogP contribution < -0.4 is 5.32 Å². The van der Waals surface area contributed by atoms with Gasteiger partial charge in [-0.3, -0.25) is 0 Å². The summed E-state index contributed by atoms with van der Waals surface area (Å²) in [5.74, 6) is 0. The van der Waals surface area contributed by atoms with Crippen molar-refractivity contribution in [2.75, 3.05) is 6.54 Å². The molecule has 2 unspecified atom stereocenters. The lowest BCUT2D eigenvalue weighted by Gasteiger charge is -2.26. The van der Waals surface area contributed by atoms with E-state index < -0.39 is 0 Å². The van der Waals surface area contributed by atoms with Crippen LogP contribution in [0.15, 0.2) is 5.16 Å². The summed E-state index contributed by atoms with van der Waals surface area (Å²) in [6.07, 6.45) is 4.01. The van der Waals surface area contributed by atoms with Crippen LogP contribution in [-0.2, 0) is 6.54 Å². The molecule has 0 amide bonds. The molecule has 1 heterocycles. The monoisotopic (exact) mass is 299 g/mol. The van der Waals surface area contributed by atoms with E-state index in [1.807, 2.05) is 4.68 Å². The zero-order chi connectivity index (χ0) is 14.6. The fraction of sp³-hybridized carbons (Fsp3) is 0.923. The van der Waals surface area contributed by atoms with Gasteiger partial charge in [-0.25, -0.2) is 4.68 Å². The molecule has 0 bridgehead atoms. The molecule has 0 aromatic carbocycles. The Bertz CT molecular complexity index is 417. The molecule has 0 aliphatic heterocycles. The first-order chi connectivity index (χ1) is 9.46. The van der Waals surface area contributed by atoms with Crippen molar-refractivity contribution in [1.29, 1.82) is 0 Å². The molecule has 0 spiro atoms. The number of aromatic nitrogens is 4. The molecule has 7 heteroatoms. The van der Waals surface area contributed by atoms with Gasteiger partial charge in [-0.1, -0.05) is 24.6 Å². The fourth-order valence-corrected chi connectivity index (χ4v) is 3.49. The molecular formula is C13H25N5OS. The third-order valence-electron chi connectivity index (χ3n) is 3.40. The number of hydrogen-bond donors (Lipinski definition) is 2. The van der Waals surface area contributed by atoms with Crippen molar-refractivity contribution in [1.82, 2.24) is 25.5 Å². The Morgan fingerprint density at radius 3 is 2.80 bits per heavy atom. The number of nitrogens with one attached hydrogen (secondary N) is 1. The number of tetrazole rings is 1. The second-order valence-corrected chi connectivity index (χ2v) is 7.58. The van der Waals surface area contributed by atoms with Gasteiger partial charge in [0.05, 0.1) is 12.6 Å². The first kappa shape index (κ1) is 15.7. The van der Waals surface area contributed by atoms with Crippen LogP contribution >= 0.6 is 11.8 Å². The van der Waals surface area contributed by atoms with Crippen molar-refractivity contribution >= 4 is 11.8 Å². The van der Waals surface area contributed by atoms with E-state index in [4.69, 9.17) is 0 Å². The fourth-order valence-electron chi connectivity index (χ4n) is 2.31. The molecule has 0 saturated heterocycles. The van der Waals surface area contributed by atoms with Crippen molar-refractivity contribution in [2.45, 2.75) is 75.0 Å². The van der Waals surface area contributed by atoms with E-state index >= 15 is 0 Å². The molecule has 0 radical (unpaired) electrons. The Labute approximate surface area is 124 Å². The predicted octanol–water partition coefficient (Wildman–Crippen LogP) is 1.46. The van der Waals surface area contributed by atoms with Crippen molar-refractivity contribution < 1.29 is 5.11 Å². The molecule has 1 aliphatic carbocycles. The third kappa shape index (κ3) is 4.71. The molecule has 6 nitrogen and oxygen atoms in total. The Morgan fingerprint density at radius 1 is 1.35 bits per heavy atom. The molecule has 1 aromatic rings. The van der Waals surface area contributed by atoms with Gasteiger partial charge in [0, 0.05) is 17.3 Å². The summed E-state index contributed by atoms with van der Waals surface area (Å²) in [6.45, 7) is 7.99. The molecule has 1 fully saturated rings. The van der Waals surface area contributed by atoms with Gasteiger partial charge in [0.2, 0.25) is 5.16 Å². The maximum atomic E-state index is 10.0. The zero-order valence-electron chi connectivity index (χ0n) is 12.5. The summed E-state index contributed by atoms with van der Waals surface area (Å²) in [7, 11) is 0. The summed E-state index contributed by atoms with van der Waals surface area (Å²) in [5, 5.41) is 26.4. The first-order valence-electron chi connectivity index (χ1n) is 7.31. The molecule has 1 aliphatic rings. The normalized spacial score (nSPS) is 24.0. The predicted molar refractivity (Wildman–Crippen MR) is 79.7 cm³/mol. The number of hydrogen-bond acceptors (Lipinski definition) is 6. The minimum atomic E-state index is -0.230. The van der Waals surface area contributed by atoms with Crippen LogP contribution in [0.1, 0.15) is 46.5 Å².